The highest BCUT2D eigenvalue weighted by Crippen LogP contribution is 2.22. The Kier molecular flexibility index (Phi) is 4.44. The minimum atomic E-state index is -0.347. The van der Waals surface area contributed by atoms with Crippen molar-refractivity contribution >= 4 is 0 Å². The normalized spacial score (nSPS) is 11.5. The molecule has 0 radical (unpaired) electrons. The molecule has 1 atom stereocenters. The van der Waals surface area contributed by atoms with Gasteiger partial charge in [0.25, 0.3) is 5.56 Å². The Labute approximate surface area is 129 Å². The van der Waals surface area contributed by atoms with Gasteiger partial charge in [-0.3, -0.25) is 4.79 Å². The number of rotatable bonds is 3. The molecule has 0 aliphatic carbocycles. The zero-order valence-corrected chi connectivity index (χ0v) is 12.9. The highest BCUT2D eigenvalue weighted by atomic mass is 16.1. The lowest BCUT2D eigenvalue weighted by Gasteiger charge is -2.15. The number of benzene rings is 1. The molecule has 4 heteroatoms. The smallest absolute Gasteiger partial charge is 0.268 e. The van der Waals surface area contributed by atoms with Crippen molar-refractivity contribution < 1.29 is 0 Å². The minimum absolute atomic E-state index is 0.0951. The standard InChI is InChI=1S/C18H17N3O/c1-12(9-19)11-21-17(7-6-16(10-20)18(21)22)15-5-4-13(2)14(3)8-15/h4-8,12H,11H2,1-3H3. The van der Waals surface area contributed by atoms with E-state index in [0.717, 1.165) is 16.8 Å². The van der Waals surface area contributed by atoms with Crippen molar-refractivity contribution in [3.05, 3.63) is 57.4 Å². The van der Waals surface area contributed by atoms with E-state index in [1.54, 1.807) is 19.1 Å². The molecule has 0 aliphatic heterocycles. The van der Waals surface area contributed by atoms with Crippen molar-refractivity contribution in [3.8, 4) is 23.4 Å². The van der Waals surface area contributed by atoms with Crippen LogP contribution in [0.2, 0.25) is 0 Å². The van der Waals surface area contributed by atoms with Gasteiger partial charge in [-0.25, -0.2) is 0 Å². The number of nitriles is 2. The van der Waals surface area contributed by atoms with Gasteiger partial charge in [-0.05, 0) is 55.7 Å². The van der Waals surface area contributed by atoms with Crippen LogP contribution < -0.4 is 5.56 Å². The Balaban J connectivity index is 2.67. The van der Waals surface area contributed by atoms with Gasteiger partial charge in [0.15, 0.2) is 0 Å². The average Bonchev–Trinajstić information content (AvgIpc) is 2.51. The highest BCUT2D eigenvalue weighted by Gasteiger charge is 2.13. The summed E-state index contributed by atoms with van der Waals surface area (Å²) in [5, 5.41) is 18.1. The molecule has 0 spiro atoms. The summed E-state index contributed by atoms with van der Waals surface area (Å²) in [6, 6.07) is 13.3. The molecule has 22 heavy (non-hydrogen) atoms. The fourth-order valence-corrected chi connectivity index (χ4v) is 2.31. The third kappa shape index (κ3) is 2.92. The largest absolute Gasteiger partial charge is 0.306 e. The maximum absolute atomic E-state index is 12.4. The van der Waals surface area contributed by atoms with Crippen LogP contribution in [0, 0.1) is 42.4 Å². The lowest BCUT2D eigenvalue weighted by molar-refractivity contribution is 0.568. The summed E-state index contributed by atoms with van der Waals surface area (Å²) >= 11 is 0. The first-order chi connectivity index (χ1) is 10.5. The van der Waals surface area contributed by atoms with E-state index < -0.39 is 0 Å². The van der Waals surface area contributed by atoms with Crippen molar-refractivity contribution in [2.75, 3.05) is 0 Å². The van der Waals surface area contributed by atoms with Crippen LogP contribution in [0.1, 0.15) is 23.6 Å². The zero-order valence-electron chi connectivity index (χ0n) is 12.9. The molecular formula is C18H17N3O. The van der Waals surface area contributed by atoms with Gasteiger partial charge in [0.2, 0.25) is 0 Å². The van der Waals surface area contributed by atoms with Crippen LogP contribution in [0.15, 0.2) is 35.1 Å². The third-order valence-corrected chi connectivity index (χ3v) is 3.77. The molecular weight excluding hydrogens is 274 g/mol. The summed E-state index contributed by atoms with van der Waals surface area (Å²) in [4.78, 5) is 12.4. The predicted octanol–water partition coefficient (Wildman–Crippen LogP) is 3.16. The van der Waals surface area contributed by atoms with Gasteiger partial charge < -0.3 is 4.57 Å². The van der Waals surface area contributed by atoms with Crippen LogP contribution in [-0.2, 0) is 6.54 Å². The van der Waals surface area contributed by atoms with Crippen LogP contribution in [0.5, 0.6) is 0 Å². The van der Waals surface area contributed by atoms with Gasteiger partial charge in [-0.15, -0.1) is 0 Å². The number of aryl methyl sites for hydroxylation is 2. The lowest BCUT2D eigenvalue weighted by Crippen LogP contribution is -2.26. The first kappa shape index (κ1) is 15.5. The van der Waals surface area contributed by atoms with E-state index in [1.165, 1.54) is 10.1 Å². The van der Waals surface area contributed by atoms with Crippen molar-refractivity contribution in [2.24, 2.45) is 5.92 Å². The molecule has 2 aromatic rings. The molecule has 0 saturated carbocycles. The summed E-state index contributed by atoms with van der Waals surface area (Å²) in [6.45, 7) is 6.08. The van der Waals surface area contributed by atoms with Crippen LogP contribution in [0.4, 0.5) is 0 Å². The number of pyridine rings is 1. The van der Waals surface area contributed by atoms with Gasteiger partial charge in [-0.1, -0.05) is 12.1 Å². The van der Waals surface area contributed by atoms with Crippen LogP contribution in [0.3, 0.4) is 0 Å². The van der Waals surface area contributed by atoms with E-state index in [2.05, 4.69) is 6.07 Å². The maximum Gasteiger partial charge on any atom is 0.268 e. The molecule has 2 rings (SSSR count). The van der Waals surface area contributed by atoms with Crippen molar-refractivity contribution in [2.45, 2.75) is 27.3 Å². The Morgan fingerprint density at radius 2 is 1.86 bits per heavy atom. The first-order valence-electron chi connectivity index (χ1n) is 7.09. The van der Waals surface area contributed by atoms with Gasteiger partial charge in [-0.2, -0.15) is 10.5 Å². The van der Waals surface area contributed by atoms with Crippen molar-refractivity contribution in [3.63, 3.8) is 0 Å². The molecule has 1 aromatic carbocycles. The molecule has 0 saturated heterocycles. The molecule has 1 aromatic heterocycles. The van der Waals surface area contributed by atoms with E-state index >= 15 is 0 Å². The second-order valence-corrected chi connectivity index (χ2v) is 5.49. The first-order valence-corrected chi connectivity index (χ1v) is 7.09. The van der Waals surface area contributed by atoms with E-state index in [0.29, 0.717) is 0 Å². The van der Waals surface area contributed by atoms with Gasteiger partial charge in [0.05, 0.1) is 17.7 Å². The monoisotopic (exact) mass is 291 g/mol. The molecule has 1 unspecified atom stereocenters. The predicted molar refractivity (Wildman–Crippen MR) is 85.1 cm³/mol. The van der Waals surface area contributed by atoms with E-state index in [-0.39, 0.29) is 23.6 Å². The van der Waals surface area contributed by atoms with Crippen molar-refractivity contribution in [1.82, 2.24) is 4.57 Å². The fourth-order valence-electron chi connectivity index (χ4n) is 2.31. The van der Waals surface area contributed by atoms with Crippen LogP contribution >= 0.6 is 0 Å². The number of hydrogen-bond donors (Lipinski definition) is 0. The molecule has 0 bridgehead atoms. The van der Waals surface area contributed by atoms with Gasteiger partial charge in [0.1, 0.15) is 11.6 Å². The molecule has 0 aliphatic rings. The molecule has 1 heterocycles. The SMILES string of the molecule is Cc1ccc(-c2ccc(C#N)c(=O)n2CC(C)C#N)cc1C. The summed E-state index contributed by atoms with van der Waals surface area (Å²) < 4.78 is 1.52. The number of nitrogens with zero attached hydrogens (tertiary/aromatic N) is 3. The van der Waals surface area contributed by atoms with Crippen LogP contribution in [-0.4, -0.2) is 4.57 Å². The van der Waals surface area contributed by atoms with Crippen LogP contribution in [0.25, 0.3) is 11.3 Å². The van der Waals surface area contributed by atoms with Gasteiger partial charge >= 0.3 is 0 Å². The molecule has 0 amide bonds. The molecule has 4 nitrogen and oxygen atoms in total. The Morgan fingerprint density at radius 3 is 2.45 bits per heavy atom. The quantitative estimate of drug-likeness (QED) is 0.872. The molecule has 0 N–H and O–H groups in total. The number of aromatic nitrogens is 1. The number of hydrogen-bond acceptors (Lipinski definition) is 3. The Morgan fingerprint density at radius 1 is 1.14 bits per heavy atom. The van der Waals surface area contributed by atoms with E-state index in [4.69, 9.17) is 10.5 Å². The summed E-state index contributed by atoms with van der Waals surface area (Å²) in [7, 11) is 0. The Bertz CT molecular complexity index is 850. The fraction of sp³-hybridized carbons (Fsp3) is 0.278. The second-order valence-electron chi connectivity index (χ2n) is 5.49. The minimum Gasteiger partial charge on any atom is -0.306 e. The molecule has 110 valence electrons. The lowest BCUT2D eigenvalue weighted by atomic mass is 10.0. The van der Waals surface area contributed by atoms with Gasteiger partial charge in [0, 0.05) is 6.54 Å². The Hall–Kier alpha value is -2.85. The average molecular weight is 291 g/mol. The third-order valence-electron chi connectivity index (χ3n) is 3.77. The summed E-state index contributed by atoms with van der Waals surface area (Å²) in [6.07, 6.45) is 0. The highest BCUT2D eigenvalue weighted by molar-refractivity contribution is 5.62. The summed E-state index contributed by atoms with van der Waals surface area (Å²) in [5.74, 6) is -0.308. The second kappa shape index (κ2) is 6.28. The van der Waals surface area contributed by atoms with E-state index in [9.17, 15) is 4.79 Å². The van der Waals surface area contributed by atoms with E-state index in [1.807, 2.05) is 38.1 Å². The topological polar surface area (TPSA) is 69.6 Å². The maximum atomic E-state index is 12.4. The van der Waals surface area contributed by atoms with Crippen molar-refractivity contribution in [1.29, 1.82) is 10.5 Å². The molecule has 0 fully saturated rings. The zero-order chi connectivity index (χ0) is 16.3. The summed E-state index contributed by atoms with van der Waals surface area (Å²) in [5.41, 5.74) is 3.70.